The van der Waals surface area contributed by atoms with Crippen LogP contribution in [0.2, 0.25) is 0 Å². The molecule has 2 N–H and O–H groups in total. The van der Waals surface area contributed by atoms with E-state index in [0.717, 1.165) is 6.42 Å². The molecule has 1 saturated carbocycles. The summed E-state index contributed by atoms with van der Waals surface area (Å²) in [4.78, 5) is 15.4. The Morgan fingerprint density at radius 2 is 2.23 bits per heavy atom. The fraction of sp³-hybridized carbons (Fsp3) is 0.875. The zero-order valence-electron chi connectivity index (χ0n) is 7.75. The smallest absolute Gasteiger partial charge is 0.336 e. The highest BCUT2D eigenvalue weighted by Crippen LogP contribution is 2.26. The van der Waals surface area contributed by atoms with Crippen LogP contribution in [0.25, 0.3) is 0 Å². The molecular formula is C8H15N3O2. The van der Waals surface area contributed by atoms with Crippen molar-refractivity contribution in [1.82, 2.24) is 16.1 Å². The second-order valence-corrected chi connectivity index (χ2v) is 3.79. The summed E-state index contributed by atoms with van der Waals surface area (Å²) < 4.78 is 0. The molecule has 0 bridgehead atoms. The molecule has 1 aliphatic heterocycles. The fourth-order valence-corrected chi connectivity index (χ4v) is 2.07. The zero-order valence-corrected chi connectivity index (χ0v) is 7.75. The van der Waals surface area contributed by atoms with Gasteiger partial charge >= 0.3 is 6.09 Å². The molecule has 0 aromatic carbocycles. The van der Waals surface area contributed by atoms with E-state index in [9.17, 15) is 4.79 Å². The molecule has 0 spiro atoms. The van der Waals surface area contributed by atoms with E-state index in [2.05, 4.69) is 22.8 Å². The quantitative estimate of drug-likeness (QED) is 0.638. The molecule has 2 fully saturated rings. The van der Waals surface area contributed by atoms with Crippen LogP contribution >= 0.6 is 0 Å². The lowest BCUT2D eigenvalue weighted by Gasteiger charge is -2.33. The van der Waals surface area contributed by atoms with Gasteiger partial charge in [0.25, 0.3) is 0 Å². The standard InChI is InChI=1S/C8H15N3O2/c1-6-4-2-3-5-7(6)11-9-8(12)13-10-11/h6-7,10H,2-5H2,1H3,(H,9,12). The number of hydrogen-bond donors (Lipinski definition) is 2. The van der Waals surface area contributed by atoms with Crippen LogP contribution in [-0.4, -0.2) is 17.3 Å². The van der Waals surface area contributed by atoms with Crippen molar-refractivity contribution >= 4 is 6.09 Å². The van der Waals surface area contributed by atoms with Crippen molar-refractivity contribution in [2.24, 2.45) is 5.92 Å². The largest absolute Gasteiger partial charge is 0.443 e. The van der Waals surface area contributed by atoms with Gasteiger partial charge in [-0.15, -0.1) is 5.12 Å². The van der Waals surface area contributed by atoms with E-state index >= 15 is 0 Å². The summed E-state index contributed by atoms with van der Waals surface area (Å²) in [5.41, 5.74) is 5.19. The van der Waals surface area contributed by atoms with E-state index in [4.69, 9.17) is 0 Å². The summed E-state index contributed by atoms with van der Waals surface area (Å²) >= 11 is 0. The molecule has 5 nitrogen and oxygen atoms in total. The number of carbonyl (C=O) groups is 1. The average molecular weight is 185 g/mol. The first-order chi connectivity index (χ1) is 6.27. The van der Waals surface area contributed by atoms with Gasteiger partial charge in [0, 0.05) is 0 Å². The number of amides is 1. The molecule has 5 heteroatoms. The summed E-state index contributed by atoms with van der Waals surface area (Å²) in [6.07, 6.45) is 4.43. The fourth-order valence-electron chi connectivity index (χ4n) is 2.07. The van der Waals surface area contributed by atoms with Crippen LogP contribution in [0.5, 0.6) is 0 Å². The van der Waals surface area contributed by atoms with Gasteiger partial charge in [-0.1, -0.05) is 25.4 Å². The number of hydrogen-bond acceptors (Lipinski definition) is 4. The van der Waals surface area contributed by atoms with Gasteiger partial charge in [0.2, 0.25) is 0 Å². The molecule has 2 unspecified atom stereocenters. The second-order valence-electron chi connectivity index (χ2n) is 3.79. The minimum Gasteiger partial charge on any atom is -0.336 e. The Morgan fingerprint density at radius 3 is 2.85 bits per heavy atom. The molecule has 2 atom stereocenters. The van der Waals surface area contributed by atoms with E-state index in [1.54, 1.807) is 5.12 Å². The van der Waals surface area contributed by atoms with Gasteiger partial charge in [-0.3, -0.25) is 0 Å². The molecule has 2 aliphatic rings. The first-order valence-electron chi connectivity index (χ1n) is 4.79. The highest BCUT2D eigenvalue weighted by molar-refractivity contribution is 5.67. The molecule has 1 heterocycles. The molecular weight excluding hydrogens is 170 g/mol. The molecule has 74 valence electrons. The van der Waals surface area contributed by atoms with Gasteiger partial charge in [0.15, 0.2) is 0 Å². The van der Waals surface area contributed by atoms with Crippen molar-refractivity contribution < 1.29 is 9.63 Å². The predicted octanol–water partition coefficient (Wildman–Crippen LogP) is 0.942. The maximum atomic E-state index is 10.8. The van der Waals surface area contributed by atoms with Gasteiger partial charge in [-0.05, 0) is 18.8 Å². The molecule has 0 aromatic rings. The van der Waals surface area contributed by atoms with Gasteiger partial charge in [-0.25, -0.2) is 10.2 Å². The Morgan fingerprint density at radius 1 is 1.46 bits per heavy atom. The SMILES string of the molecule is CC1CCCCC1N1NOC(=O)N1. The highest BCUT2D eigenvalue weighted by atomic mass is 16.8. The summed E-state index contributed by atoms with van der Waals surface area (Å²) in [5, 5.41) is 1.69. The van der Waals surface area contributed by atoms with Gasteiger partial charge in [-0.2, -0.15) is 0 Å². The van der Waals surface area contributed by atoms with Crippen molar-refractivity contribution in [3.05, 3.63) is 0 Å². The van der Waals surface area contributed by atoms with E-state index in [0.29, 0.717) is 12.0 Å². The monoisotopic (exact) mass is 185 g/mol. The Hall–Kier alpha value is -0.810. The minimum absolute atomic E-state index is 0.361. The van der Waals surface area contributed by atoms with Gasteiger partial charge in [0.05, 0.1) is 6.04 Å². The maximum Gasteiger partial charge on any atom is 0.443 e. The highest BCUT2D eigenvalue weighted by Gasteiger charge is 2.32. The third-order valence-electron chi connectivity index (χ3n) is 2.85. The van der Waals surface area contributed by atoms with E-state index in [-0.39, 0.29) is 0 Å². The van der Waals surface area contributed by atoms with E-state index in [1.807, 2.05) is 0 Å². The predicted molar refractivity (Wildman–Crippen MR) is 46.0 cm³/mol. The third-order valence-corrected chi connectivity index (χ3v) is 2.85. The Kier molecular flexibility index (Phi) is 2.37. The molecule has 1 aliphatic carbocycles. The normalized spacial score (nSPS) is 35.6. The Labute approximate surface area is 77.3 Å². The van der Waals surface area contributed by atoms with Crippen molar-refractivity contribution in [3.8, 4) is 0 Å². The molecule has 0 radical (unpaired) electrons. The lowest BCUT2D eigenvalue weighted by molar-refractivity contribution is -0.0321. The van der Waals surface area contributed by atoms with Crippen LogP contribution in [0, 0.1) is 5.92 Å². The zero-order chi connectivity index (χ0) is 9.26. The van der Waals surface area contributed by atoms with Crippen LogP contribution < -0.4 is 11.0 Å². The number of hydrazine groups is 2. The van der Waals surface area contributed by atoms with Crippen molar-refractivity contribution in [2.75, 3.05) is 0 Å². The van der Waals surface area contributed by atoms with Crippen LogP contribution in [0.3, 0.4) is 0 Å². The van der Waals surface area contributed by atoms with E-state index < -0.39 is 6.09 Å². The molecule has 2 rings (SSSR count). The minimum atomic E-state index is -0.419. The maximum absolute atomic E-state index is 10.8. The number of nitrogens with one attached hydrogen (secondary N) is 2. The van der Waals surface area contributed by atoms with Crippen LogP contribution in [0.15, 0.2) is 0 Å². The van der Waals surface area contributed by atoms with Crippen LogP contribution in [0.4, 0.5) is 4.79 Å². The summed E-state index contributed by atoms with van der Waals surface area (Å²) in [6, 6.07) is 0.361. The topological polar surface area (TPSA) is 53.6 Å². The van der Waals surface area contributed by atoms with Crippen LogP contribution in [-0.2, 0) is 4.84 Å². The number of carbonyl (C=O) groups excluding carboxylic acids is 1. The third kappa shape index (κ3) is 1.76. The molecule has 13 heavy (non-hydrogen) atoms. The Bertz CT molecular complexity index is 210. The molecule has 0 aromatic heterocycles. The number of rotatable bonds is 1. The van der Waals surface area contributed by atoms with Gasteiger partial charge in [0.1, 0.15) is 0 Å². The van der Waals surface area contributed by atoms with Gasteiger partial charge < -0.3 is 4.84 Å². The molecule has 1 saturated heterocycles. The Balaban J connectivity index is 1.94. The average Bonchev–Trinajstić information content (AvgIpc) is 2.53. The molecule has 1 amide bonds. The summed E-state index contributed by atoms with van der Waals surface area (Å²) in [5.74, 6) is 0.600. The van der Waals surface area contributed by atoms with Crippen LogP contribution in [0.1, 0.15) is 32.6 Å². The second kappa shape index (κ2) is 3.51. The van der Waals surface area contributed by atoms with Crippen molar-refractivity contribution in [2.45, 2.75) is 38.6 Å². The summed E-state index contributed by atoms with van der Waals surface area (Å²) in [6.45, 7) is 2.20. The first kappa shape index (κ1) is 8.77. The van der Waals surface area contributed by atoms with Crippen molar-refractivity contribution in [1.29, 1.82) is 0 Å². The first-order valence-corrected chi connectivity index (χ1v) is 4.79. The van der Waals surface area contributed by atoms with Crippen molar-refractivity contribution in [3.63, 3.8) is 0 Å². The number of nitrogens with zero attached hydrogens (tertiary/aromatic N) is 1. The van der Waals surface area contributed by atoms with E-state index in [1.165, 1.54) is 19.3 Å². The lowest BCUT2D eigenvalue weighted by Crippen LogP contribution is -2.50. The summed E-state index contributed by atoms with van der Waals surface area (Å²) in [7, 11) is 0. The lowest BCUT2D eigenvalue weighted by atomic mass is 9.86.